The molecule has 0 aromatic heterocycles. The molecule has 0 atom stereocenters. The predicted molar refractivity (Wildman–Crippen MR) is 104 cm³/mol. The van der Waals surface area contributed by atoms with E-state index in [4.69, 9.17) is 9.47 Å². The molecule has 0 bridgehead atoms. The molecular formula is C16H17Br2NO5S. The molecule has 1 heterocycles. The van der Waals surface area contributed by atoms with Crippen molar-refractivity contribution < 1.29 is 24.2 Å². The lowest BCUT2D eigenvalue weighted by Crippen LogP contribution is -2.29. The van der Waals surface area contributed by atoms with Gasteiger partial charge in [0.05, 0.1) is 16.0 Å². The van der Waals surface area contributed by atoms with Crippen molar-refractivity contribution in [3.8, 4) is 11.5 Å². The SMILES string of the molecule is CCOc1cc(/C=C2/SC(=O)N(CCCOC)C2=O)c(Br)c(Br)c1O. The number of ether oxygens (including phenoxy) is 2. The van der Waals surface area contributed by atoms with Crippen LogP contribution in [0.3, 0.4) is 0 Å². The first-order chi connectivity index (χ1) is 11.9. The maximum absolute atomic E-state index is 12.5. The number of imide groups is 1. The van der Waals surface area contributed by atoms with Crippen LogP contribution in [0.15, 0.2) is 19.9 Å². The van der Waals surface area contributed by atoms with Crippen LogP contribution >= 0.6 is 43.6 Å². The summed E-state index contributed by atoms with van der Waals surface area (Å²) in [5.74, 6) is -0.0677. The number of benzene rings is 1. The zero-order valence-corrected chi connectivity index (χ0v) is 17.7. The summed E-state index contributed by atoms with van der Waals surface area (Å²) in [5, 5.41) is 9.78. The summed E-state index contributed by atoms with van der Waals surface area (Å²) in [4.78, 5) is 26.0. The van der Waals surface area contributed by atoms with E-state index >= 15 is 0 Å². The molecule has 25 heavy (non-hydrogen) atoms. The van der Waals surface area contributed by atoms with Crippen molar-refractivity contribution in [3.05, 3.63) is 25.5 Å². The molecule has 1 saturated heterocycles. The summed E-state index contributed by atoms with van der Waals surface area (Å²) in [6.45, 7) is 2.99. The fraction of sp³-hybridized carbons (Fsp3) is 0.375. The lowest BCUT2D eigenvalue weighted by atomic mass is 10.2. The van der Waals surface area contributed by atoms with Crippen molar-refractivity contribution in [1.82, 2.24) is 4.90 Å². The number of carbonyl (C=O) groups excluding carboxylic acids is 2. The Bertz CT molecular complexity index is 723. The topological polar surface area (TPSA) is 76.1 Å². The Balaban J connectivity index is 2.31. The van der Waals surface area contributed by atoms with E-state index in [1.807, 2.05) is 0 Å². The van der Waals surface area contributed by atoms with Crippen LogP contribution in [0.25, 0.3) is 6.08 Å². The molecule has 1 N–H and O–H groups in total. The van der Waals surface area contributed by atoms with Crippen LogP contribution in [-0.4, -0.2) is 48.0 Å². The molecule has 6 nitrogen and oxygen atoms in total. The second-order valence-corrected chi connectivity index (χ2v) is 7.63. The van der Waals surface area contributed by atoms with E-state index in [1.54, 1.807) is 26.2 Å². The van der Waals surface area contributed by atoms with Crippen LogP contribution in [0.1, 0.15) is 18.9 Å². The quantitative estimate of drug-likeness (QED) is 0.447. The van der Waals surface area contributed by atoms with Crippen LogP contribution in [0.5, 0.6) is 11.5 Å². The molecule has 1 aromatic carbocycles. The maximum atomic E-state index is 12.5. The van der Waals surface area contributed by atoms with Crippen LogP contribution in [0.2, 0.25) is 0 Å². The molecule has 1 fully saturated rings. The summed E-state index contributed by atoms with van der Waals surface area (Å²) < 4.78 is 11.3. The predicted octanol–water partition coefficient (Wildman–Crippen LogP) is 4.39. The highest BCUT2D eigenvalue weighted by molar-refractivity contribution is 9.13. The number of methoxy groups -OCH3 is 1. The van der Waals surface area contributed by atoms with E-state index in [9.17, 15) is 14.7 Å². The van der Waals surface area contributed by atoms with E-state index in [1.165, 1.54) is 4.90 Å². The van der Waals surface area contributed by atoms with E-state index < -0.39 is 0 Å². The largest absolute Gasteiger partial charge is 0.503 e. The number of phenols is 1. The Morgan fingerprint density at radius 3 is 2.68 bits per heavy atom. The molecule has 0 saturated carbocycles. The van der Waals surface area contributed by atoms with Gasteiger partial charge in [-0.25, -0.2) is 0 Å². The fourth-order valence-electron chi connectivity index (χ4n) is 2.18. The minimum atomic E-state index is -0.333. The monoisotopic (exact) mass is 493 g/mol. The Kier molecular flexibility index (Phi) is 7.36. The Labute approximate surface area is 166 Å². The summed E-state index contributed by atoms with van der Waals surface area (Å²) in [5.41, 5.74) is 0.621. The summed E-state index contributed by atoms with van der Waals surface area (Å²) in [6.07, 6.45) is 2.20. The number of halogens is 2. The zero-order chi connectivity index (χ0) is 18.6. The highest BCUT2D eigenvalue weighted by Crippen LogP contribution is 2.43. The minimum absolute atomic E-state index is 0.0291. The Hall–Kier alpha value is -1.03. The van der Waals surface area contributed by atoms with Crippen molar-refractivity contribution in [1.29, 1.82) is 0 Å². The van der Waals surface area contributed by atoms with Gasteiger partial charge >= 0.3 is 0 Å². The number of aromatic hydroxyl groups is 1. The number of carbonyl (C=O) groups is 2. The number of thioether (sulfide) groups is 1. The Morgan fingerprint density at radius 1 is 1.32 bits per heavy atom. The van der Waals surface area contributed by atoms with Gasteiger partial charge < -0.3 is 14.6 Å². The van der Waals surface area contributed by atoms with Crippen molar-refractivity contribution in [2.45, 2.75) is 13.3 Å². The smallest absolute Gasteiger partial charge is 0.293 e. The molecule has 2 rings (SSSR count). The number of hydrogen-bond donors (Lipinski definition) is 1. The van der Waals surface area contributed by atoms with Gasteiger partial charge in [0.2, 0.25) is 0 Å². The molecule has 0 radical (unpaired) electrons. The number of nitrogens with zero attached hydrogens (tertiary/aromatic N) is 1. The van der Waals surface area contributed by atoms with Crippen LogP contribution in [0, 0.1) is 0 Å². The van der Waals surface area contributed by atoms with Crippen LogP contribution in [-0.2, 0) is 9.53 Å². The molecule has 0 aliphatic carbocycles. The number of hydrogen-bond acceptors (Lipinski definition) is 6. The molecule has 1 aliphatic rings. The lowest BCUT2D eigenvalue weighted by Gasteiger charge is -2.12. The Morgan fingerprint density at radius 2 is 2.04 bits per heavy atom. The van der Waals surface area contributed by atoms with Gasteiger partial charge in [-0.05, 0) is 74.7 Å². The summed E-state index contributed by atoms with van der Waals surface area (Å²) in [6, 6.07) is 1.62. The molecule has 2 amide bonds. The normalized spacial score (nSPS) is 16.2. The van der Waals surface area contributed by atoms with E-state index in [-0.39, 0.29) is 16.9 Å². The lowest BCUT2D eigenvalue weighted by molar-refractivity contribution is -0.122. The average Bonchev–Trinajstić information content (AvgIpc) is 2.85. The molecule has 1 aliphatic heterocycles. The van der Waals surface area contributed by atoms with Crippen molar-refractivity contribution in [3.63, 3.8) is 0 Å². The number of rotatable bonds is 7. The van der Waals surface area contributed by atoms with Crippen molar-refractivity contribution in [2.75, 3.05) is 26.9 Å². The van der Waals surface area contributed by atoms with Gasteiger partial charge in [-0.15, -0.1) is 0 Å². The van der Waals surface area contributed by atoms with E-state index in [2.05, 4.69) is 31.9 Å². The molecule has 9 heteroatoms. The molecule has 136 valence electrons. The third kappa shape index (κ3) is 4.58. The van der Waals surface area contributed by atoms with Gasteiger partial charge in [0, 0.05) is 24.7 Å². The highest BCUT2D eigenvalue weighted by atomic mass is 79.9. The van der Waals surface area contributed by atoms with Crippen LogP contribution < -0.4 is 4.74 Å². The second kappa shape index (κ2) is 9.07. The van der Waals surface area contributed by atoms with Crippen molar-refractivity contribution >= 4 is 60.8 Å². The highest BCUT2D eigenvalue weighted by Gasteiger charge is 2.34. The van der Waals surface area contributed by atoms with Gasteiger partial charge in [-0.3, -0.25) is 14.5 Å². The fourth-order valence-corrected chi connectivity index (χ4v) is 3.88. The van der Waals surface area contributed by atoms with Gasteiger partial charge in [0.1, 0.15) is 0 Å². The first-order valence-electron chi connectivity index (χ1n) is 7.48. The first kappa shape index (κ1) is 20.3. The van der Waals surface area contributed by atoms with E-state index in [0.29, 0.717) is 51.3 Å². The standard InChI is InChI=1S/C16H17Br2NO5S/c1-3-24-10-7-9(12(17)13(18)14(10)20)8-11-15(21)19(16(22)25-11)5-4-6-23-2/h7-8,20H,3-6H2,1-2H3/b11-8+. The third-order valence-electron chi connectivity index (χ3n) is 3.36. The average molecular weight is 495 g/mol. The molecule has 0 spiro atoms. The first-order valence-corrected chi connectivity index (χ1v) is 9.89. The molecule has 0 unspecified atom stereocenters. The third-order valence-corrected chi connectivity index (χ3v) is 6.43. The van der Waals surface area contributed by atoms with E-state index in [0.717, 1.165) is 11.8 Å². The van der Waals surface area contributed by atoms with Gasteiger partial charge in [-0.1, -0.05) is 0 Å². The summed E-state index contributed by atoms with van der Waals surface area (Å²) in [7, 11) is 1.57. The van der Waals surface area contributed by atoms with Gasteiger partial charge in [-0.2, -0.15) is 0 Å². The van der Waals surface area contributed by atoms with Gasteiger partial charge in [0.15, 0.2) is 11.5 Å². The van der Waals surface area contributed by atoms with Crippen LogP contribution in [0.4, 0.5) is 4.79 Å². The number of amides is 2. The second-order valence-electron chi connectivity index (χ2n) is 5.05. The zero-order valence-electron chi connectivity index (χ0n) is 13.7. The maximum Gasteiger partial charge on any atom is 0.293 e. The molecular weight excluding hydrogens is 478 g/mol. The van der Waals surface area contributed by atoms with Crippen molar-refractivity contribution in [2.24, 2.45) is 0 Å². The minimum Gasteiger partial charge on any atom is -0.503 e. The number of phenolic OH excluding ortho intramolecular Hbond substituents is 1. The summed E-state index contributed by atoms with van der Waals surface area (Å²) >= 11 is 7.57. The van der Waals surface area contributed by atoms with Gasteiger partial charge in [0.25, 0.3) is 11.1 Å². The molecule has 1 aromatic rings.